The van der Waals surface area contributed by atoms with E-state index in [1.807, 2.05) is 32.0 Å². The van der Waals surface area contributed by atoms with Crippen LogP contribution >= 0.6 is 0 Å². The average molecular weight is 318 g/mol. The monoisotopic (exact) mass is 318 g/mol. The van der Waals surface area contributed by atoms with Crippen molar-refractivity contribution < 1.29 is 19.5 Å². The van der Waals surface area contributed by atoms with E-state index in [1.165, 1.54) is 0 Å². The highest BCUT2D eigenvalue weighted by Gasteiger charge is 2.36. The van der Waals surface area contributed by atoms with Gasteiger partial charge in [0.15, 0.2) is 0 Å². The summed E-state index contributed by atoms with van der Waals surface area (Å²) < 4.78 is 0. The van der Waals surface area contributed by atoms with Crippen molar-refractivity contribution in [1.82, 2.24) is 5.32 Å². The number of amides is 2. The highest BCUT2D eigenvalue weighted by molar-refractivity contribution is 6.01. The van der Waals surface area contributed by atoms with E-state index in [4.69, 9.17) is 5.11 Å². The first-order chi connectivity index (χ1) is 10.8. The predicted octanol–water partition coefficient (Wildman–Crippen LogP) is 1.64. The van der Waals surface area contributed by atoms with Crippen molar-refractivity contribution in [1.29, 1.82) is 0 Å². The van der Waals surface area contributed by atoms with Gasteiger partial charge in [0.25, 0.3) is 0 Å². The minimum Gasteiger partial charge on any atom is -0.480 e. The number of hydrogen-bond donors (Lipinski definition) is 2. The van der Waals surface area contributed by atoms with E-state index in [2.05, 4.69) is 5.32 Å². The Morgan fingerprint density at radius 2 is 2.09 bits per heavy atom. The maximum absolute atomic E-state index is 12.3. The SMILES string of the molecule is CCC(NC(=O)C1CC(=O)N(c2cccc(C)c2C)C1)C(=O)O. The van der Waals surface area contributed by atoms with Gasteiger partial charge in [-0.15, -0.1) is 0 Å². The molecule has 0 spiro atoms. The van der Waals surface area contributed by atoms with Crippen LogP contribution in [-0.4, -0.2) is 35.5 Å². The van der Waals surface area contributed by atoms with E-state index in [0.29, 0.717) is 6.42 Å². The molecule has 0 saturated carbocycles. The molecule has 1 aromatic carbocycles. The normalized spacial score (nSPS) is 18.8. The Hall–Kier alpha value is -2.37. The third kappa shape index (κ3) is 3.52. The van der Waals surface area contributed by atoms with E-state index < -0.39 is 17.9 Å². The molecule has 1 aliphatic rings. The second-order valence-corrected chi connectivity index (χ2v) is 5.93. The number of carbonyl (C=O) groups is 3. The number of nitrogens with one attached hydrogen (secondary N) is 1. The smallest absolute Gasteiger partial charge is 0.326 e. The van der Waals surface area contributed by atoms with Crippen LogP contribution in [0.25, 0.3) is 0 Å². The van der Waals surface area contributed by atoms with E-state index in [9.17, 15) is 14.4 Å². The summed E-state index contributed by atoms with van der Waals surface area (Å²) >= 11 is 0. The summed E-state index contributed by atoms with van der Waals surface area (Å²) in [5.74, 6) is -2.06. The Balaban J connectivity index is 2.12. The van der Waals surface area contributed by atoms with Gasteiger partial charge in [0.1, 0.15) is 6.04 Å². The number of carbonyl (C=O) groups excluding carboxylic acids is 2. The van der Waals surface area contributed by atoms with Crippen molar-refractivity contribution in [3.63, 3.8) is 0 Å². The van der Waals surface area contributed by atoms with Gasteiger partial charge in [-0.3, -0.25) is 9.59 Å². The summed E-state index contributed by atoms with van der Waals surface area (Å²) in [4.78, 5) is 37.2. The van der Waals surface area contributed by atoms with Gasteiger partial charge in [0.05, 0.1) is 5.92 Å². The molecule has 2 unspecified atom stereocenters. The van der Waals surface area contributed by atoms with Crippen LogP contribution in [-0.2, 0) is 14.4 Å². The van der Waals surface area contributed by atoms with Crippen molar-refractivity contribution in [2.45, 2.75) is 39.7 Å². The van der Waals surface area contributed by atoms with Crippen LogP contribution in [0.3, 0.4) is 0 Å². The number of rotatable bonds is 5. The molecule has 6 heteroatoms. The lowest BCUT2D eigenvalue weighted by atomic mass is 10.1. The van der Waals surface area contributed by atoms with Crippen LogP contribution in [0, 0.1) is 19.8 Å². The summed E-state index contributed by atoms with van der Waals surface area (Å²) in [6, 6.07) is 4.82. The first kappa shape index (κ1) is 17.0. The Kier molecular flexibility index (Phi) is 5.03. The number of nitrogens with zero attached hydrogens (tertiary/aromatic N) is 1. The van der Waals surface area contributed by atoms with Crippen molar-refractivity contribution >= 4 is 23.5 Å². The van der Waals surface area contributed by atoms with Crippen molar-refractivity contribution in [3.05, 3.63) is 29.3 Å². The van der Waals surface area contributed by atoms with Gasteiger partial charge < -0.3 is 15.3 Å². The fourth-order valence-electron chi connectivity index (χ4n) is 2.77. The maximum atomic E-state index is 12.3. The molecule has 0 radical (unpaired) electrons. The first-order valence-corrected chi connectivity index (χ1v) is 7.74. The zero-order valence-corrected chi connectivity index (χ0v) is 13.6. The number of carboxylic acid groups (broad SMARTS) is 1. The van der Waals surface area contributed by atoms with Gasteiger partial charge in [-0.05, 0) is 37.5 Å². The Bertz CT molecular complexity index is 641. The summed E-state index contributed by atoms with van der Waals surface area (Å²) in [7, 11) is 0. The van der Waals surface area contributed by atoms with Crippen molar-refractivity contribution in [2.24, 2.45) is 5.92 Å². The zero-order chi connectivity index (χ0) is 17.1. The number of aliphatic carboxylic acids is 1. The topological polar surface area (TPSA) is 86.7 Å². The molecule has 1 fully saturated rings. The van der Waals surface area contributed by atoms with E-state index >= 15 is 0 Å². The first-order valence-electron chi connectivity index (χ1n) is 7.74. The largest absolute Gasteiger partial charge is 0.480 e. The Morgan fingerprint density at radius 3 is 2.70 bits per heavy atom. The Labute approximate surface area is 135 Å². The van der Waals surface area contributed by atoms with Gasteiger partial charge in [-0.1, -0.05) is 19.1 Å². The Morgan fingerprint density at radius 1 is 1.39 bits per heavy atom. The molecule has 1 heterocycles. The van der Waals surface area contributed by atoms with Gasteiger partial charge in [0, 0.05) is 18.7 Å². The minimum absolute atomic E-state index is 0.106. The molecule has 2 atom stereocenters. The van der Waals surface area contributed by atoms with Crippen molar-refractivity contribution in [2.75, 3.05) is 11.4 Å². The van der Waals surface area contributed by atoms with Crippen LogP contribution in [0.2, 0.25) is 0 Å². The summed E-state index contributed by atoms with van der Waals surface area (Å²) in [6.07, 6.45) is 0.414. The molecule has 1 saturated heterocycles. The summed E-state index contributed by atoms with van der Waals surface area (Å²) in [6.45, 7) is 5.90. The standard InChI is InChI=1S/C17H22N2O4/c1-4-13(17(22)23)18-16(21)12-8-15(20)19(9-12)14-7-5-6-10(2)11(14)3/h5-7,12-13H,4,8-9H2,1-3H3,(H,18,21)(H,22,23). The lowest BCUT2D eigenvalue weighted by Crippen LogP contribution is -2.43. The molecular formula is C17H22N2O4. The number of anilines is 1. The molecular weight excluding hydrogens is 296 g/mol. The lowest BCUT2D eigenvalue weighted by Gasteiger charge is -2.20. The van der Waals surface area contributed by atoms with Crippen LogP contribution in [0.4, 0.5) is 5.69 Å². The molecule has 2 rings (SSSR count). The second-order valence-electron chi connectivity index (χ2n) is 5.93. The maximum Gasteiger partial charge on any atom is 0.326 e. The molecule has 0 aliphatic carbocycles. The van der Waals surface area contributed by atoms with E-state index in [-0.39, 0.29) is 24.8 Å². The summed E-state index contributed by atoms with van der Waals surface area (Å²) in [5, 5.41) is 11.5. The van der Waals surface area contributed by atoms with Crippen LogP contribution in [0.15, 0.2) is 18.2 Å². The highest BCUT2D eigenvalue weighted by atomic mass is 16.4. The van der Waals surface area contributed by atoms with E-state index in [0.717, 1.165) is 16.8 Å². The third-order valence-electron chi connectivity index (χ3n) is 4.39. The molecule has 2 N–H and O–H groups in total. The molecule has 124 valence electrons. The number of aryl methyl sites for hydroxylation is 1. The van der Waals surface area contributed by atoms with Crippen LogP contribution < -0.4 is 10.2 Å². The molecule has 1 aliphatic heterocycles. The van der Waals surface area contributed by atoms with Crippen molar-refractivity contribution in [3.8, 4) is 0 Å². The molecule has 23 heavy (non-hydrogen) atoms. The molecule has 0 bridgehead atoms. The second kappa shape index (κ2) is 6.81. The van der Waals surface area contributed by atoms with Gasteiger partial charge in [-0.2, -0.15) is 0 Å². The lowest BCUT2D eigenvalue weighted by molar-refractivity contribution is -0.142. The molecule has 6 nitrogen and oxygen atoms in total. The highest BCUT2D eigenvalue weighted by Crippen LogP contribution is 2.29. The summed E-state index contributed by atoms with van der Waals surface area (Å²) in [5.41, 5.74) is 2.91. The van der Waals surface area contributed by atoms with Crippen LogP contribution in [0.1, 0.15) is 30.9 Å². The minimum atomic E-state index is -1.06. The molecule has 2 amide bonds. The fourth-order valence-corrected chi connectivity index (χ4v) is 2.77. The quantitative estimate of drug-likeness (QED) is 0.864. The zero-order valence-electron chi connectivity index (χ0n) is 13.6. The fraction of sp³-hybridized carbons (Fsp3) is 0.471. The third-order valence-corrected chi connectivity index (χ3v) is 4.39. The predicted molar refractivity (Wildman–Crippen MR) is 86.2 cm³/mol. The van der Waals surface area contributed by atoms with Gasteiger partial charge in [0.2, 0.25) is 11.8 Å². The van der Waals surface area contributed by atoms with Gasteiger partial charge >= 0.3 is 5.97 Å². The molecule has 1 aromatic rings. The number of hydrogen-bond acceptors (Lipinski definition) is 3. The number of carboxylic acids is 1. The molecule has 0 aromatic heterocycles. The van der Waals surface area contributed by atoms with E-state index in [1.54, 1.807) is 11.8 Å². The number of benzene rings is 1. The average Bonchev–Trinajstić information content (AvgIpc) is 2.89. The van der Waals surface area contributed by atoms with Crippen LogP contribution in [0.5, 0.6) is 0 Å². The van der Waals surface area contributed by atoms with Gasteiger partial charge in [-0.25, -0.2) is 4.79 Å².